The van der Waals surface area contributed by atoms with Crippen molar-refractivity contribution in [1.82, 2.24) is 0 Å². The Hall–Kier alpha value is -2.75. The number of unbranched alkanes of at least 4 members (excludes halogenated alkanes) is 3. The Balaban J connectivity index is 1.43. The predicted molar refractivity (Wildman–Crippen MR) is 181 cm³/mol. The molecule has 2 aromatic carbocycles. The number of esters is 1. The highest BCUT2D eigenvalue weighted by Crippen LogP contribution is 2.55. The molecule has 3 unspecified atom stereocenters. The lowest BCUT2D eigenvalue weighted by Crippen LogP contribution is -2.59. The van der Waals surface area contributed by atoms with Crippen LogP contribution in [0.3, 0.4) is 0 Å². The van der Waals surface area contributed by atoms with Gasteiger partial charge in [-0.25, -0.2) is 0 Å². The van der Waals surface area contributed by atoms with E-state index in [1.165, 1.54) is 17.7 Å². The van der Waals surface area contributed by atoms with Crippen LogP contribution < -0.4 is 9.64 Å². The van der Waals surface area contributed by atoms with Crippen LogP contribution in [0, 0.1) is 16.7 Å². The molecule has 0 aromatic heterocycles. The van der Waals surface area contributed by atoms with Gasteiger partial charge in [0.1, 0.15) is 5.75 Å². The molecule has 0 saturated heterocycles. The molecule has 2 heterocycles. The van der Waals surface area contributed by atoms with Crippen molar-refractivity contribution in [3.05, 3.63) is 65.7 Å². The Morgan fingerprint density at radius 2 is 1.63 bits per heavy atom. The molecule has 2 aliphatic rings. The van der Waals surface area contributed by atoms with Gasteiger partial charge in [-0.2, -0.15) is 0 Å². The van der Waals surface area contributed by atoms with Gasteiger partial charge in [0, 0.05) is 17.8 Å². The van der Waals surface area contributed by atoms with Crippen molar-refractivity contribution in [1.29, 1.82) is 0 Å². The monoisotopic (exact) mass is 587 g/mol. The molecular weight excluding hydrogens is 530 g/mol. The maximum Gasteiger partial charge on any atom is 0.312 e. The molecule has 0 amide bonds. The SMILES string of the molecule is CCCCOC(=O)C(C)(CC(CCC)CCCCCN1c2ccccc2C(C)(C)C12C=Cc1ccccc1O2)C(C)(C)C. The molecule has 0 N–H and O–H groups in total. The fraction of sp³-hybridized carbons (Fsp3) is 0.615. The zero-order chi connectivity index (χ0) is 31.3. The molecule has 4 rings (SSSR count). The van der Waals surface area contributed by atoms with Crippen LogP contribution in [0.1, 0.15) is 124 Å². The van der Waals surface area contributed by atoms with Gasteiger partial charge in [0.25, 0.3) is 0 Å². The number of hydrogen-bond donors (Lipinski definition) is 0. The number of anilines is 1. The minimum Gasteiger partial charge on any atom is -0.465 e. The molecule has 236 valence electrons. The fourth-order valence-corrected chi connectivity index (χ4v) is 7.21. The number of para-hydroxylation sites is 2. The molecule has 0 aliphatic carbocycles. The van der Waals surface area contributed by atoms with Crippen molar-refractivity contribution in [2.75, 3.05) is 18.1 Å². The summed E-state index contributed by atoms with van der Waals surface area (Å²) in [7, 11) is 0. The van der Waals surface area contributed by atoms with Gasteiger partial charge in [0.15, 0.2) is 0 Å². The Bertz CT molecular complexity index is 1260. The quantitative estimate of drug-likeness (QED) is 0.163. The molecule has 2 aliphatic heterocycles. The first kappa shape index (κ1) is 33.1. The average molecular weight is 588 g/mol. The van der Waals surface area contributed by atoms with E-state index in [1.807, 2.05) is 0 Å². The number of fused-ring (bicyclic) bond motifs is 2. The van der Waals surface area contributed by atoms with Crippen LogP contribution in [0.2, 0.25) is 0 Å². The van der Waals surface area contributed by atoms with E-state index in [9.17, 15) is 4.79 Å². The highest BCUT2D eigenvalue weighted by molar-refractivity contribution is 5.77. The first-order valence-corrected chi connectivity index (χ1v) is 16.9. The lowest BCUT2D eigenvalue weighted by atomic mass is 9.63. The number of benzene rings is 2. The standard InChI is InChI=1S/C39H57NO3/c1-9-11-28-42-35(41)38(8,36(3,4)5)29-30(19-10-2)20-13-12-18-27-40-33-23-16-15-22-32(33)37(6,7)39(40)26-25-31-21-14-17-24-34(31)43-39/h14-17,21-26,30H,9-13,18-20,27-29H2,1-8H3. The van der Waals surface area contributed by atoms with Crippen molar-refractivity contribution in [2.45, 2.75) is 124 Å². The second kappa shape index (κ2) is 13.5. The summed E-state index contributed by atoms with van der Waals surface area (Å²) in [5.41, 5.74) is 2.36. The number of carbonyl (C=O) groups excluding carboxylic acids is 1. The molecule has 0 saturated carbocycles. The molecule has 43 heavy (non-hydrogen) atoms. The van der Waals surface area contributed by atoms with Crippen LogP contribution in [0.4, 0.5) is 5.69 Å². The summed E-state index contributed by atoms with van der Waals surface area (Å²) in [6.45, 7) is 19.2. The van der Waals surface area contributed by atoms with E-state index in [1.54, 1.807) is 0 Å². The van der Waals surface area contributed by atoms with Gasteiger partial charge >= 0.3 is 5.97 Å². The maximum absolute atomic E-state index is 13.4. The van der Waals surface area contributed by atoms with E-state index in [0.29, 0.717) is 12.5 Å². The Morgan fingerprint density at radius 3 is 2.35 bits per heavy atom. The topological polar surface area (TPSA) is 38.8 Å². The average Bonchev–Trinajstić information content (AvgIpc) is 3.14. The lowest BCUT2D eigenvalue weighted by Gasteiger charge is -2.47. The molecule has 3 atom stereocenters. The van der Waals surface area contributed by atoms with Crippen LogP contribution >= 0.6 is 0 Å². The van der Waals surface area contributed by atoms with E-state index in [-0.39, 0.29) is 16.8 Å². The Kier molecular flexibility index (Phi) is 10.4. The van der Waals surface area contributed by atoms with Gasteiger partial charge in [-0.1, -0.05) is 110 Å². The zero-order valence-electron chi connectivity index (χ0n) is 28.3. The minimum atomic E-state index is -0.553. The lowest BCUT2D eigenvalue weighted by molar-refractivity contribution is -0.164. The third-order valence-corrected chi connectivity index (χ3v) is 10.6. The first-order chi connectivity index (χ1) is 20.4. The van der Waals surface area contributed by atoms with Gasteiger partial charge in [-0.3, -0.25) is 4.79 Å². The van der Waals surface area contributed by atoms with Crippen LogP contribution in [0.15, 0.2) is 54.6 Å². The second-order valence-electron chi connectivity index (χ2n) is 14.7. The van der Waals surface area contributed by atoms with Crippen molar-refractivity contribution in [2.24, 2.45) is 16.7 Å². The smallest absolute Gasteiger partial charge is 0.312 e. The third kappa shape index (κ3) is 6.54. The van der Waals surface area contributed by atoms with E-state index in [2.05, 4.69) is 121 Å². The zero-order valence-corrected chi connectivity index (χ0v) is 28.3. The van der Waals surface area contributed by atoms with Gasteiger partial charge in [0.2, 0.25) is 5.72 Å². The summed E-state index contributed by atoms with van der Waals surface area (Å²) >= 11 is 0. The largest absolute Gasteiger partial charge is 0.465 e. The van der Waals surface area contributed by atoms with E-state index in [0.717, 1.165) is 69.2 Å². The molecular formula is C39H57NO3. The van der Waals surface area contributed by atoms with Crippen molar-refractivity contribution in [3.8, 4) is 5.75 Å². The Morgan fingerprint density at radius 1 is 0.907 bits per heavy atom. The normalized spacial score (nSPS) is 20.7. The molecule has 0 radical (unpaired) electrons. The van der Waals surface area contributed by atoms with Gasteiger partial charge in [-0.05, 0) is 81.2 Å². The molecule has 1 spiro atoms. The molecule has 4 heteroatoms. The van der Waals surface area contributed by atoms with Crippen LogP contribution in [-0.2, 0) is 14.9 Å². The Labute approximate surface area is 262 Å². The predicted octanol–water partition coefficient (Wildman–Crippen LogP) is 10.3. The van der Waals surface area contributed by atoms with Crippen molar-refractivity contribution in [3.63, 3.8) is 0 Å². The van der Waals surface area contributed by atoms with Gasteiger partial charge in [0.05, 0.1) is 17.4 Å². The van der Waals surface area contributed by atoms with Crippen molar-refractivity contribution >= 4 is 17.7 Å². The summed E-state index contributed by atoms with van der Waals surface area (Å²) < 4.78 is 12.8. The van der Waals surface area contributed by atoms with Crippen LogP contribution in [-0.4, -0.2) is 24.8 Å². The molecule has 4 nitrogen and oxygen atoms in total. The minimum absolute atomic E-state index is 0.0164. The number of hydrogen-bond acceptors (Lipinski definition) is 4. The molecule has 0 fully saturated rings. The fourth-order valence-electron chi connectivity index (χ4n) is 7.21. The van der Waals surface area contributed by atoms with E-state index < -0.39 is 11.1 Å². The van der Waals surface area contributed by atoms with Gasteiger partial charge in [-0.15, -0.1) is 0 Å². The number of nitrogens with zero attached hydrogens (tertiary/aromatic N) is 1. The number of carbonyl (C=O) groups is 1. The van der Waals surface area contributed by atoms with E-state index in [4.69, 9.17) is 9.47 Å². The summed E-state index contributed by atoms with van der Waals surface area (Å²) in [6, 6.07) is 17.2. The summed E-state index contributed by atoms with van der Waals surface area (Å²) in [5.74, 6) is 1.46. The van der Waals surface area contributed by atoms with Crippen LogP contribution in [0.5, 0.6) is 5.75 Å². The summed E-state index contributed by atoms with van der Waals surface area (Å²) in [5, 5.41) is 0. The highest BCUT2D eigenvalue weighted by Gasteiger charge is 2.58. The van der Waals surface area contributed by atoms with Crippen LogP contribution in [0.25, 0.3) is 6.08 Å². The van der Waals surface area contributed by atoms with Crippen molar-refractivity contribution < 1.29 is 14.3 Å². The second-order valence-corrected chi connectivity index (χ2v) is 14.7. The summed E-state index contributed by atoms with van der Waals surface area (Å²) in [6.07, 6.45) is 14.3. The third-order valence-electron chi connectivity index (χ3n) is 10.6. The number of rotatable bonds is 14. The highest BCUT2D eigenvalue weighted by atomic mass is 16.5. The maximum atomic E-state index is 13.4. The van der Waals surface area contributed by atoms with E-state index >= 15 is 0 Å². The molecule has 0 bridgehead atoms. The number of ether oxygens (including phenoxy) is 2. The van der Waals surface area contributed by atoms with Gasteiger partial charge < -0.3 is 14.4 Å². The first-order valence-electron chi connectivity index (χ1n) is 16.9. The summed E-state index contributed by atoms with van der Waals surface area (Å²) in [4.78, 5) is 15.9. The molecule has 2 aromatic rings.